The van der Waals surface area contributed by atoms with Gasteiger partial charge in [-0.15, -0.1) is 0 Å². The number of carbonyl (C=O) groups is 1. The molecule has 0 amide bonds. The van der Waals surface area contributed by atoms with Gasteiger partial charge in [0.15, 0.2) is 0 Å². The van der Waals surface area contributed by atoms with E-state index in [4.69, 9.17) is 0 Å². The molecule has 2 heteroatoms. The van der Waals surface area contributed by atoms with Crippen LogP contribution in [0.15, 0.2) is 12.3 Å². The Morgan fingerprint density at radius 2 is 1.24 bits per heavy atom. The lowest BCUT2D eigenvalue weighted by atomic mass is 10.0. The van der Waals surface area contributed by atoms with E-state index in [0.717, 1.165) is 18.5 Å². The fourth-order valence-electron chi connectivity index (χ4n) is 3.27. The summed E-state index contributed by atoms with van der Waals surface area (Å²) in [6, 6.07) is 0.360. The number of allylic oxidation sites excluding steroid dienone is 1. The van der Waals surface area contributed by atoms with Gasteiger partial charge in [0.1, 0.15) is 5.78 Å². The Morgan fingerprint density at radius 1 is 0.800 bits per heavy atom. The molecule has 0 aromatic rings. The van der Waals surface area contributed by atoms with Crippen molar-refractivity contribution in [3.8, 4) is 0 Å². The van der Waals surface area contributed by atoms with Crippen molar-refractivity contribution in [2.75, 3.05) is 0 Å². The highest BCUT2D eigenvalue weighted by Gasteiger charge is 2.04. The van der Waals surface area contributed by atoms with Crippen LogP contribution in [0.25, 0.3) is 0 Å². The molecule has 1 N–H and O–H groups in total. The predicted octanol–water partition coefficient (Wildman–Crippen LogP) is 7.33. The molecule has 0 saturated carbocycles. The minimum atomic E-state index is 0.274. The third-order valence-electron chi connectivity index (χ3n) is 4.96. The van der Waals surface area contributed by atoms with E-state index in [-0.39, 0.29) is 5.78 Å². The van der Waals surface area contributed by atoms with Gasteiger partial charge >= 0.3 is 0 Å². The summed E-state index contributed by atoms with van der Waals surface area (Å²) in [6.45, 7) is 10.2. The molecular weight excluding hydrogens is 306 g/mol. The molecule has 0 unspecified atom stereocenters. The molecule has 0 heterocycles. The van der Waals surface area contributed by atoms with Gasteiger partial charge in [-0.3, -0.25) is 0 Å². The van der Waals surface area contributed by atoms with Crippen LogP contribution in [-0.2, 0) is 4.79 Å². The molecule has 25 heavy (non-hydrogen) atoms. The van der Waals surface area contributed by atoms with Gasteiger partial charge in [-0.05, 0) is 33.1 Å². The van der Waals surface area contributed by atoms with Crippen LogP contribution in [0.2, 0.25) is 0 Å². The van der Waals surface area contributed by atoms with Crippen LogP contribution in [0, 0.1) is 0 Å². The Kier molecular flexibility index (Phi) is 17.4. The van der Waals surface area contributed by atoms with Gasteiger partial charge < -0.3 is 10.1 Å². The van der Waals surface area contributed by atoms with E-state index in [1.807, 2.05) is 0 Å². The van der Waals surface area contributed by atoms with E-state index in [1.165, 1.54) is 83.5 Å². The maximum Gasteiger partial charge on any atom is 0.129 e. The fourth-order valence-corrected chi connectivity index (χ4v) is 3.27. The molecule has 2 nitrogen and oxygen atoms in total. The quantitative estimate of drug-likeness (QED) is 0.247. The minimum Gasteiger partial charge on any atom is -0.386 e. The second-order valence-electron chi connectivity index (χ2n) is 7.88. The first-order valence-electron chi connectivity index (χ1n) is 11.0. The number of ketones is 1. The molecule has 0 aliphatic rings. The Balaban J connectivity index is 3.27. The van der Waals surface area contributed by atoms with Crippen molar-refractivity contribution in [3.63, 3.8) is 0 Å². The van der Waals surface area contributed by atoms with Gasteiger partial charge in [0, 0.05) is 18.2 Å². The van der Waals surface area contributed by atoms with Gasteiger partial charge in [0.05, 0.1) is 0 Å². The largest absolute Gasteiger partial charge is 0.386 e. The molecule has 0 radical (unpaired) electrons. The number of Topliss-reactive ketones (excluding diaryl/α,β-unsaturated/α-hetero) is 1. The standard InChI is InChI=1S/C23H45NO/c1-5-6-7-8-9-10-11-12-13-14-15-16-17-18-21(2)24-22(3)19-20-23(4)25/h22,24H,2,5-20H2,1,3-4H3/t22-/m1/s1. The van der Waals surface area contributed by atoms with E-state index in [9.17, 15) is 4.79 Å². The molecule has 148 valence electrons. The molecule has 0 aliphatic heterocycles. The monoisotopic (exact) mass is 351 g/mol. The van der Waals surface area contributed by atoms with Crippen LogP contribution in [-0.4, -0.2) is 11.8 Å². The predicted molar refractivity (Wildman–Crippen MR) is 112 cm³/mol. The van der Waals surface area contributed by atoms with Crippen molar-refractivity contribution < 1.29 is 4.79 Å². The summed E-state index contributed by atoms with van der Waals surface area (Å²) in [4.78, 5) is 11.0. The molecule has 0 rings (SSSR count). The Bertz CT molecular complexity index is 324. The lowest BCUT2D eigenvalue weighted by Crippen LogP contribution is -2.25. The molecule has 0 aliphatic carbocycles. The zero-order valence-corrected chi connectivity index (χ0v) is 17.5. The molecule has 0 aromatic carbocycles. The summed E-state index contributed by atoms with van der Waals surface area (Å²) in [7, 11) is 0. The Morgan fingerprint density at radius 3 is 1.68 bits per heavy atom. The highest BCUT2D eigenvalue weighted by Crippen LogP contribution is 2.14. The average Bonchev–Trinajstić information content (AvgIpc) is 2.57. The molecule has 0 bridgehead atoms. The maximum atomic E-state index is 11.0. The number of nitrogens with one attached hydrogen (secondary N) is 1. The van der Waals surface area contributed by atoms with Crippen molar-refractivity contribution in [2.45, 2.75) is 130 Å². The van der Waals surface area contributed by atoms with E-state index in [2.05, 4.69) is 25.7 Å². The Hall–Kier alpha value is -0.790. The normalized spacial score (nSPS) is 12.1. The van der Waals surface area contributed by atoms with E-state index in [0.29, 0.717) is 12.5 Å². The van der Waals surface area contributed by atoms with Crippen LogP contribution in [0.3, 0.4) is 0 Å². The minimum absolute atomic E-state index is 0.274. The highest BCUT2D eigenvalue weighted by molar-refractivity contribution is 5.75. The van der Waals surface area contributed by atoms with Crippen molar-refractivity contribution in [1.82, 2.24) is 5.32 Å². The SMILES string of the molecule is C=C(CCCCCCCCCCCCCCC)N[C@H](C)CCC(C)=O. The summed E-state index contributed by atoms with van der Waals surface area (Å²) in [5.41, 5.74) is 1.14. The van der Waals surface area contributed by atoms with Crippen LogP contribution >= 0.6 is 0 Å². The summed E-state index contributed by atoms with van der Waals surface area (Å²) >= 11 is 0. The zero-order chi connectivity index (χ0) is 18.8. The third kappa shape index (κ3) is 19.4. The second-order valence-corrected chi connectivity index (χ2v) is 7.88. The van der Waals surface area contributed by atoms with Crippen molar-refractivity contribution in [1.29, 1.82) is 0 Å². The summed E-state index contributed by atoms with van der Waals surface area (Å²) in [5.74, 6) is 0.274. The molecule has 0 saturated heterocycles. The van der Waals surface area contributed by atoms with Gasteiger partial charge in [-0.2, -0.15) is 0 Å². The number of carbonyl (C=O) groups excluding carboxylic acids is 1. The molecular formula is C23H45NO. The van der Waals surface area contributed by atoms with E-state index in [1.54, 1.807) is 6.92 Å². The summed E-state index contributed by atoms with van der Waals surface area (Å²) < 4.78 is 0. The van der Waals surface area contributed by atoms with Crippen LogP contribution in [0.5, 0.6) is 0 Å². The summed E-state index contributed by atoms with van der Waals surface area (Å²) in [6.07, 6.45) is 20.8. The van der Waals surface area contributed by atoms with Crippen molar-refractivity contribution in [2.24, 2.45) is 0 Å². The van der Waals surface area contributed by atoms with Gasteiger partial charge in [0.25, 0.3) is 0 Å². The number of hydrogen-bond donors (Lipinski definition) is 1. The highest BCUT2D eigenvalue weighted by atomic mass is 16.1. The first-order chi connectivity index (χ1) is 12.1. The van der Waals surface area contributed by atoms with Crippen molar-refractivity contribution >= 4 is 5.78 Å². The topological polar surface area (TPSA) is 29.1 Å². The van der Waals surface area contributed by atoms with Gasteiger partial charge in [-0.25, -0.2) is 0 Å². The lowest BCUT2D eigenvalue weighted by molar-refractivity contribution is -0.117. The lowest BCUT2D eigenvalue weighted by Gasteiger charge is -2.16. The molecule has 1 atom stereocenters. The number of unbranched alkanes of at least 4 members (excludes halogenated alkanes) is 12. The zero-order valence-electron chi connectivity index (χ0n) is 17.5. The number of hydrogen-bond acceptors (Lipinski definition) is 2. The average molecular weight is 352 g/mol. The fraction of sp³-hybridized carbons (Fsp3) is 0.870. The van der Waals surface area contributed by atoms with Crippen LogP contribution < -0.4 is 5.32 Å². The van der Waals surface area contributed by atoms with Gasteiger partial charge in [-0.1, -0.05) is 90.6 Å². The molecule has 0 aromatic heterocycles. The van der Waals surface area contributed by atoms with Gasteiger partial charge in [0.2, 0.25) is 0 Å². The third-order valence-corrected chi connectivity index (χ3v) is 4.96. The van der Waals surface area contributed by atoms with Crippen LogP contribution in [0.1, 0.15) is 124 Å². The van der Waals surface area contributed by atoms with E-state index >= 15 is 0 Å². The maximum absolute atomic E-state index is 11.0. The van der Waals surface area contributed by atoms with Crippen molar-refractivity contribution in [3.05, 3.63) is 12.3 Å². The smallest absolute Gasteiger partial charge is 0.129 e. The molecule has 0 spiro atoms. The Labute approximate surface area is 158 Å². The van der Waals surface area contributed by atoms with E-state index < -0.39 is 0 Å². The second kappa shape index (κ2) is 18.0. The molecule has 0 fully saturated rings. The first-order valence-corrected chi connectivity index (χ1v) is 11.0. The first kappa shape index (κ1) is 24.2. The summed E-state index contributed by atoms with van der Waals surface area (Å²) in [5, 5.41) is 3.43. The number of rotatable bonds is 19. The van der Waals surface area contributed by atoms with Crippen LogP contribution in [0.4, 0.5) is 0 Å².